The van der Waals surface area contributed by atoms with Crippen LogP contribution in [0.5, 0.6) is 5.75 Å². The van der Waals surface area contributed by atoms with E-state index in [2.05, 4.69) is 9.88 Å². The summed E-state index contributed by atoms with van der Waals surface area (Å²) in [4.78, 5) is 11.2. The molecule has 2 aromatic carbocycles. The van der Waals surface area contributed by atoms with Crippen LogP contribution in [0.3, 0.4) is 0 Å². The zero-order chi connectivity index (χ0) is 16.8. The number of hydrogen-bond acceptors (Lipinski definition) is 2. The Labute approximate surface area is 146 Å². The quantitative estimate of drug-likeness (QED) is 0.667. The Kier molecular flexibility index (Phi) is 5.39. The van der Waals surface area contributed by atoms with Gasteiger partial charge in [-0.05, 0) is 29.8 Å². The van der Waals surface area contributed by atoms with Crippen molar-refractivity contribution in [2.75, 3.05) is 12.4 Å². The maximum atomic E-state index is 11.2. The van der Waals surface area contributed by atoms with Crippen LogP contribution in [0.15, 0.2) is 60.8 Å². The Morgan fingerprint density at radius 3 is 2.75 bits per heavy atom. The van der Waals surface area contributed by atoms with Gasteiger partial charge in [-0.15, -0.1) is 11.6 Å². The zero-order valence-electron chi connectivity index (χ0n) is 13.2. The van der Waals surface area contributed by atoms with Gasteiger partial charge >= 0.3 is 0 Å². The fourth-order valence-corrected chi connectivity index (χ4v) is 2.66. The Bertz CT molecular complexity index is 815. The first kappa shape index (κ1) is 16.4. The van der Waals surface area contributed by atoms with E-state index in [-0.39, 0.29) is 11.8 Å². The summed E-state index contributed by atoms with van der Waals surface area (Å²) in [5.74, 6) is 0.693. The third-order valence-electron chi connectivity index (χ3n) is 3.79. The number of fused-ring (bicyclic) bond motifs is 1. The highest BCUT2D eigenvalue weighted by atomic mass is 35.5. The Morgan fingerprint density at radius 2 is 1.96 bits per heavy atom. The lowest BCUT2D eigenvalue weighted by atomic mass is 10.2. The van der Waals surface area contributed by atoms with Crippen LogP contribution < -0.4 is 10.1 Å². The molecule has 3 aromatic rings. The number of ether oxygens (including phenoxy) is 1. The van der Waals surface area contributed by atoms with Crippen LogP contribution in [0.4, 0.5) is 0 Å². The first-order valence-corrected chi connectivity index (χ1v) is 8.38. The third kappa shape index (κ3) is 4.09. The highest BCUT2D eigenvalue weighted by molar-refractivity contribution is 6.27. The number of aromatic nitrogens is 1. The average molecular weight is 343 g/mol. The minimum Gasteiger partial charge on any atom is -0.489 e. The standard InChI is InChI=1S/C19H19ClN2O2/c20-13-19(23)21-9-11-22-10-8-16-12-17(6-7-18(16)22)24-14-15-4-2-1-3-5-15/h1-8,10,12H,9,11,13-14H2,(H,21,23). The van der Waals surface area contributed by atoms with Crippen molar-refractivity contribution in [2.45, 2.75) is 13.2 Å². The van der Waals surface area contributed by atoms with Gasteiger partial charge < -0.3 is 14.6 Å². The topological polar surface area (TPSA) is 43.3 Å². The number of benzene rings is 2. The van der Waals surface area contributed by atoms with Gasteiger partial charge in [-0.3, -0.25) is 4.79 Å². The monoisotopic (exact) mass is 342 g/mol. The SMILES string of the molecule is O=C(CCl)NCCn1ccc2cc(OCc3ccccc3)ccc21. The fraction of sp³-hybridized carbons (Fsp3) is 0.211. The van der Waals surface area contributed by atoms with Gasteiger partial charge in [0.2, 0.25) is 5.91 Å². The number of carbonyl (C=O) groups excluding carboxylic acids is 1. The van der Waals surface area contributed by atoms with Crippen LogP contribution in [-0.4, -0.2) is 22.9 Å². The second kappa shape index (κ2) is 7.88. The van der Waals surface area contributed by atoms with Gasteiger partial charge in [0.25, 0.3) is 0 Å². The molecule has 0 aliphatic rings. The van der Waals surface area contributed by atoms with Gasteiger partial charge in [0.15, 0.2) is 0 Å². The number of carbonyl (C=O) groups is 1. The van der Waals surface area contributed by atoms with E-state index >= 15 is 0 Å². The lowest BCUT2D eigenvalue weighted by Gasteiger charge is -2.09. The molecule has 3 rings (SSSR count). The van der Waals surface area contributed by atoms with E-state index in [1.807, 2.05) is 60.8 Å². The summed E-state index contributed by atoms with van der Waals surface area (Å²) in [5, 5.41) is 3.88. The number of hydrogen-bond donors (Lipinski definition) is 1. The smallest absolute Gasteiger partial charge is 0.234 e. The molecule has 1 heterocycles. The molecule has 0 aliphatic carbocycles. The van der Waals surface area contributed by atoms with Crippen LogP contribution >= 0.6 is 11.6 Å². The van der Waals surface area contributed by atoms with Gasteiger partial charge in [-0.25, -0.2) is 0 Å². The van der Waals surface area contributed by atoms with E-state index in [0.29, 0.717) is 19.7 Å². The Hall–Kier alpha value is -2.46. The molecule has 1 aromatic heterocycles. The summed E-state index contributed by atoms with van der Waals surface area (Å²) < 4.78 is 7.96. The number of rotatable bonds is 7. The van der Waals surface area contributed by atoms with Gasteiger partial charge in [0.05, 0.1) is 0 Å². The number of halogens is 1. The zero-order valence-corrected chi connectivity index (χ0v) is 14.0. The third-order valence-corrected chi connectivity index (χ3v) is 4.03. The van der Waals surface area contributed by atoms with Crippen molar-refractivity contribution >= 4 is 28.4 Å². The molecule has 0 radical (unpaired) electrons. The van der Waals surface area contributed by atoms with E-state index in [9.17, 15) is 4.79 Å². The maximum Gasteiger partial charge on any atom is 0.234 e. The van der Waals surface area contributed by atoms with Gasteiger partial charge in [-0.1, -0.05) is 30.3 Å². The molecule has 0 bridgehead atoms. The highest BCUT2D eigenvalue weighted by Gasteiger charge is 2.04. The summed E-state index contributed by atoms with van der Waals surface area (Å²) in [7, 11) is 0. The molecule has 124 valence electrons. The molecule has 1 N–H and O–H groups in total. The molecule has 0 fully saturated rings. The lowest BCUT2D eigenvalue weighted by molar-refractivity contribution is -0.118. The van der Waals surface area contributed by atoms with Crippen LogP contribution in [0.25, 0.3) is 10.9 Å². The van der Waals surface area contributed by atoms with Crippen LogP contribution in [0.1, 0.15) is 5.56 Å². The molecule has 0 saturated carbocycles. The number of nitrogens with one attached hydrogen (secondary N) is 1. The number of amides is 1. The van der Waals surface area contributed by atoms with Crippen LogP contribution in [0.2, 0.25) is 0 Å². The van der Waals surface area contributed by atoms with E-state index in [4.69, 9.17) is 16.3 Å². The summed E-state index contributed by atoms with van der Waals surface area (Å²) in [6.07, 6.45) is 2.01. The molecule has 0 saturated heterocycles. The van der Waals surface area contributed by atoms with Crippen molar-refractivity contribution in [1.82, 2.24) is 9.88 Å². The molecule has 0 aliphatic heterocycles. The first-order valence-electron chi connectivity index (χ1n) is 7.84. The molecule has 5 heteroatoms. The van der Waals surface area contributed by atoms with Crippen LogP contribution in [0, 0.1) is 0 Å². The summed E-state index contributed by atoms with van der Waals surface area (Å²) in [5.41, 5.74) is 2.26. The Morgan fingerprint density at radius 1 is 1.12 bits per heavy atom. The largest absolute Gasteiger partial charge is 0.489 e. The van der Waals surface area contributed by atoms with E-state index < -0.39 is 0 Å². The van der Waals surface area contributed by atoms with Gasteiger partial charge in [0, 0.05) is 30.2 Å². The first-order chi connectivity index (χ1) is 11.8. The minimum absolute atomic E-state index is 0.00542. The van der Waals surface area contributed by atoms with Crippen molar-refractivity contribution < 1.29 is 9.53 Å². The van der Waals surface area contributed by atoms with E-state index in [1.165, 1.54) is 0 Å². The number of alkyl halides is 1. The normalized spacial score (nSPS) is 10.7. The van der Waals surface area contributed by atoms with Crippen molar-refractivity contribution in [3.05, 3.63) is 66.4 Å². The molecule has 0 atom stereocenters. The summed E-state index contributed by atoms with van der Waals surface area (Å²) in [6, 6.07) is 18.2. The lowest BCUT2D eigenvalue weighted by Crippen LogP contribution is -2.27. The van der Waals surface area contributed by atoms with Crippen molar-refractivity contribution in [3.8, 4) is 5.75 Å². The van der Waals surface area contributed by atoms with E-state index in [0.717, 1.165) is 22.2 Å². The second-order valence-corrected chi connectivity index (χ2v) is 5.75. The molecular weight excluding hydrogens is 324 g/mol. The van der Waals surface area contributed by atoms with E-state index in [1.54, 1.807) is 0 Å². The molecule has 1 amide bonds. The van der Waals surface area contributed by atoms with Crippen LogP contribution in [-0.2, 0) is 17.9 Å². The predicted molar refractivity (Wildman–Crippen MR) is 96.4 cm³/mol. The van der Waals surface area contributed by atoms with Crippen molar-refractivity contribution in [2.24, 2.45) is 0 Å². The van der Waals surface area contributed by atoms with Gasteiger partial charge in [-0.2, -0.15) is 0 Å². The second-order valence-electron chi connectivity index (χ2n) is 5.49. The van der Waals surface area contributed by atoms with Crippen molar-refractivity contribution in [1.29, 1.82) is 0 Å². The summed E-state index contributed by atoms with van der Waals surface area (Å²) in [6.45, 7) is 1.81. The molecule has 0 unspecified atom stereocenters. The molecule has 0 spiro atoms. The summed E-state index contributed by atoms with van der Waals surface area (Å²) >= 11 is 5.47. The maximum absolute atomic E-state index is 11.2. The molecule has 4 nitrogen and oxygen atoms in total. The molecule has 24 heavy (non-hydrogen) atoms. The Balaban J connectivity index is 1.63. The van der Waals surface area contributed by atoms with Gasteiger partial charge in [0.1, 0.15) is 18.2 Å². The highest BCUT2D eigenvalue weighted by Crippen LogP contribution is 2.22. The van der Waals surface area contributed by atoms with Crippen molar-refractivity contribution in [3.63, 3.8) is 0 Å². The minimum atomic E-state index is -0.148. The average Bonchev–Trinajstić information content (AvgIpc) is 3.03. The predicted octanol–water partition coefficient (Wildman–Crippen LogP) is 3.58. The molecular formula is C19H19ClN2O2. The fourth-order valence-electron chi connectivity index (χ4n) is 2.57. The number of nitrogens with zero attached hydrogens (tertiary/aromatic N) is 1.